The fraction of sp³-hybridized carbons (Fsp3) is 0.182. The van der Waals surface area contributed by atoms with Gasteiger partial charge in [-0.05, 0) is 18.2 Å². The van der Waals surface area contributed by atoms with Gasteiger partial charge in [-0.15, -0.1) is 0 Å². The maximum atomic E-state index is 12.5. The highest BCUT2D eigenvalue weighted by molar-refractivity contribution is 8.09. The minimum atomic E-state index is -4.50. The van der Waals surface area contributed by atoms with Crippen LogP contribution in [0.4, 0.5) is 13.2 Å². The summed E-state index contributed by atoms with van der Waals surface area (Å²) in [5.74, 6) is -0.296. The third-order valence-corrected chi connectivity index (χ3v) is 3.80. The molecule has 0 spiro atoms. The summed E-state index contributed by atoms with van der Waals surface area (Å²) in [5.41, 5.74) is 4.36. The Kier molecular flexibility index (Phi) is 3.46. The number of alkyl halides is 3. The van der Waals surface area contributed by atoms with Crippen molar-refractivity contribution < 1.29 is 26.3 Å². The molecular formula is C11H9F3N2O3S. The fourth-order valence-electron chi connectivity index (χ4n) is 1.48. The van der Waals surface area contributed by atoms with E-state index in [0.717, 1.165) is 23.6 Å². The Morgan fingerprint density at radius 2 is 2.00 bits per heavy atom. The predicted octanol–water partition coefficient (Wildman–Crippen LogP) is 1.67. The van der Waals surface area contributed by atoms with Crippen molar-refractivity contribution in [3.63, 3.8) is 0 Å². The fourth-order valence-corrected chi connectivity index (χ4v) is 2.45. The molecule has 0 bridgehead atoms. The van der Waals surface area contributed by atoms with E-state index in [-0.39, 0.29) is 16.6 Å². The molecule has 0 amide bonds. The number of sulfone groups is 1. The van der Waals surface area contributed by atoms with E-state index >= 15 is 0 Å². The van der Waals surface area contributed by atoms with Gasteiger partial charge in [-0.2, -0.15) is 13.2 Å². The normalized spacial score (nSPS) is 17.6. The quantitative estimate of drug-likeness (QED) is 0.921. The van der Waals surface area contributed by atoms with E-state index in [1.165, 1.54) is 6.07 Å². The zero-order chi connectivity index (χ0) is 15.0. The maximum Gasteiger partial charge on any atom is 0.416 e. The third kappa shape index (κ3) is 3.10. The topological polar surface area (TPSA) is 81.8 Å². The molecule has 5 nitrogen and oxygen atoms in total. The van der Waals surface area contributed by atoms with E-state index in [2.05, 4.69) is 4.99 Å². The summed E-state index contributed by atoms with van der Waals surface area (Å²) in [4.78, 5) is 3.55. The van der Waals surface area contributed by atoms with Crippen molar-refractivity contribution in [2.45, 2.75) is 6.18 Å². The molecule has 0 aromatic heterocycles. The number of aliphatic imine (C=N–C) groups is 1. The van der Waals surface area contributed by atoms with Crippen molar-refractivity contribution in [2.75, 3.05) is 6.61 Å². The molecule has 1 heterocycles. The number of ether oxygens (including phenoxy) is 1. The second-order valence-electron chi connectivity index (χ2n) is 3.91. The number of rotatable bonds is 3. The number of halogens is 3. The summed E-state index contributed by atoms with van der Waals surface area (Å²) in [6.07, 6.45) is -4.50. The molecule has 0 atom stereocenters. The minimum absolute atomic E-state index is 0.108. The monoisotopic (exact) mass is 306 g/mol. The van der Waals surface area contributed by atoms with Gasteiger partial charge in [-0.3, -0.25) is 0 Å². The SMILES string of the molecule is NC1=CS(=O)(=O)C(COc2cccc(C(F)(F)F)c2)=N1. The molecule has 20 heavy (non-hydrogen) atoms. The van der Waals surface area contributed by atoms with Crippen LogP contribution in [0.1, 0.15) is 5.56 Å². The van der Waals surface area contributed by atoms with E-state index in [1.54, 1.807) is 0 Å². The van der Waals surface area contributed by atoms with Crippen LogP contribution in [0, 0.1) is 0 Å². The van der Waals surface area contributed by atoms with Crippen LogP contribution in [0.3, 0.4) is 0 Å². The second kappa shape index (κ2) is 4.82. The first-order valence-electron chi connectivity index (χ1n) is 5.28. The van der Waals surface area contributed by atoms with Crippen LogP contribution in [0.15, 0.2) is 40.5 Å². The summed E-state index contributed by atoms with van der Waals surface area (Å²) in [5, 5.41) is 0.421. The summed E-state index contributed by atoms with van der Waals surface area (Å²) >= 11 is 0. The molecular weight excluding hydrogens is 297 g/mol. The van der Waals surface area contributed by atoms with Gasteiger partial charge < -0.3 is 10.5 Å². The van der Waals surface area contributed by atoms with E-state index in [1.807, 2.05) is 0 Å². The molecule has 1 aromatic carbocycles. The molecule has 9 heteroatoms. The number of hydrogen-bond donors (Lipinski definition) is 1. The highest BCUT2D eigenvalue weighted by Gasteiger charge is 2.31. The van der Waals surface area contributed by atoms with Gasteiger partial charge in [0.15, 0.2) is 5.04 Å². The Morgan fingerprint density at radius 1 is 1.30 bits per heavy atom. The Hall–Kier alpha value is -2.03. The Morgan fingerprint density at radius 3 is 2.55 bits per heavy atom. The number of nitrogens with two attached hydrogens (primary N) is 1. The van der Waals surface area contributed by atoms with Gasteiger partial charge in [0.2, 0.25) is 9.84 Å². The van der Waals surface area contributed by atoms with Crippen LogP contribution >= 0.6 is 0 Å². The molecule has 0 saturated carbocycles. The highest BCUT2D eigenvalue weighted by atomic mass is 32.2. The predicted molar refractivity (Wildman–Crippen MR) is 65.6 cm³/mol. The van der Waals surface area contributed by atoms with E-state index in [0.29, 0.717) is 0 Å². The maximum absolute atomic E-state index is 12.5. The highest BCUT2D eigenvalue weighted by Crippen LogP contribution is 2.31. The summed E-state index contributed by atoms with van der Waals surface area (Å²) in [7, 11) is -3.73. The molecule has 108 valence electrons. The minimum Gasteiger partial charge on any atom is -0.487 e. The van der Waals surface area contributed by atoms with Gasteiger partial charge in [0, 0.05) is 0 Å². The first kappa shape index (κ1) is 14.4. The van der Waals surface area contributed by atoms with Gasteiger partial charge in [0.25, 0.3) is 0 Å². The van der Waals surface area contributed by atoms with Crippen LogP contribution in [0.25, 0.3) is 0 Å². The molecule has 2 N–H and O–H groups in total. The standard InChI is InChI=1S/C11H9F3N2O3S/c12-11(13,14)7-2-1-3-8(4-7)19-5-10-16-9(15)6-20(10,17)18/h1-4,6H,5,15H2. The largest absolute Gasteiger partial charge is 0.487 e. The van der Waals surface area contributed by atoms with Gasteiger partial charge in [-0.25, -0.2) is 13.4 Å². The molecule has 2 rings (SSSR count). The van der Waals surface area contributed by atoms with Gasteiger partial charge in [0.1, 0.15) is 18.2 Å². The zero-order valence-electron chi connectivity index (χ0n) is 9.89. The van der Waals surface area contributed by atoms with Crippen molar-refractivity contribution in [1.29, 1.82) is 0 Å². The number of benzene rings is 1. The average Bonchev–Trinajstić information content (AvgIpc) is 2.58. The van der Waals surface area contributed by atoms with Crippen molar-refractivity contribution in [3.8, 4) is 5.75 Å². The van der Waals surface area contributed by atoms with E-state index in [9.17, 15) is 21.6 Å². The molecule has 0 unspecified atom stereocenters. The summed E-state index contributed by atoms with van der Waals surface area (Å²) in [6.45, 7) is -0.485. The van der Waals surface area contributed by atoms with Crippen molar-refractivity contribution in [3.05, 3.63) is 41.1 Å². The lowest BCUT2D eigenvalue weighted by atomic mass is 10.2. The summed E-state index contributed by atoms with van der Waals surface area (Å²) < 4.78 is 65.4. The first-order chi connectivity index (χ1) is 9.18. The Bertz CT molecular complexity index is 693. The Labute approximate surface area is 112 Å². The van der Waals surface area contributed by atoms with Crippen LogP contribution in [0.2, 0.25) is 0 Å². The number of hydrogen-bond acceptors (Lipinski definition) is 5. The van der Waals surface area contributed by atoms with E-state index in [4.69, 9.17) is 10.5 Å². The van der Waals surface area contributed by atoms with E-state index < -0.39 is 28.2 Å². The molecule has 0 radical (unpaired) electrons. The lowest BCUT2D eigenvalue weighted by molar-refractivity contribution is -0.137. The molecule has 0 aliphatic carbocycles. The van der Waals surface area contributed by atoms with Crippen LogP contribution in [-0.4, -0.2) is 20.1 Å². The van der Waals surface area contributed by atoms with Crippen LogP contribution in [0.5, 0.6) is 5.75 Å². The Balaban J connectivity index is 2.12. The molecule has 1 aliphatic heterocycles. The molecule has 0 fully saturated rings. The second-order valence-corrected chi connectivity index (χ2v) is 5.70. The molecule has 0 saturated heterocycles. The molecule has 1 aliphatic rings. The molecule has 1 aromatic rings. The zero-order valence-corrected chi connectivity index (χ0v) is 10.7. The van der Waals surface area contributed by atoms with Crippen molar-refractivity contribution in [2.24, 2.45) is 10.7 Å². The lowest BCUT2D eigenvalue weighted by Gasteiger charge is -2.09. The van der Waals surface area contributed by atoms with Crippen LogP contribution in [-0.2, 0) is 16.0 Å². The third-order valence-electron chi connectivity index (χ3n) is 2.38. The van der Waals surface area contributed by atoms with Crippen molar-refractivity contribution in [1.82, 2.24) is 0 Å². The van der Waals surface area contributed by atoms with Gasteiger partial charge in [-0.1, -0.05) is 6.07 Å². The lowest BCUT2D eigenvalue weighted by Crippen LogP contribution is -2.18. The van der Waals surface area contributed by atoms with Gasteiger partial charge in [0.05, 0.1) is 11.0 Å². The van der Waals surface area contributed by atoms with Crippen molar-refractivity contribution >= 4 is 14.9 Å². The number of nitrogens with zero attached hydrogens (tertiary/aromatic N) is 1. The smallest absolute Gasteiger partial charge is 0.416 e. The first-order valence-corrected chi connectivity index (χ1v) is 6.83. The van der Waals surface area contributed by atoms with Gasteiger partial charge >= 0.3 is 6.18 Å². The summed E-state index contributed by atoms with van der Waals surface area (Å²) in [6, 6.07) is 4.11. The van der Waals surface area contributed by atoms with Crippen LogP contribution < -0.4 is 10.5 Å². The average molecular weight is 306 g/mol.